The van der Waals surface area contributed by atoms with Crippen molar-refractivity contribution in [1.29, 1.82) is 5.26 Å². The van der Waals surface area contributed by atoms with Crippen molar-refractivity contribution in [2.24, 2.45) is 5.73 Å². The fourth-order valence-corrected chi connectivity index (χ4v) is 1.91. The summed E-state index contributed by atoms with van der Waals surface area (Å²) in [6.45, 7) is 2.34. The first-order valence-electron chi connectivity index (χ1n) is 6.44. The number of anilines is 1. The van der Waals surface area contributed by atoms with Gasteiger partial charge in [-0.15, -0.1) is 0 Å². The van der Waals surface area contributed by atoms with Crippen LogP contribution in [-0.2, 0) is 11.0 Å². The van der Waals surface area contributed by atoms with Crippen LogP contribution in [0.5, 0.6) is 0 Å². The molecule has 0 bridgehead atoms. The van der Waals surface area contributed by atoms with Crippen LogP contribution in [-0.4, -0.2) is 19.0 Å². The molecule has 21 heavy (non-hydrogen) atoms. The van der Waals surface area contributed by atoms with Crippen LogP contribution in [0.3, 0.4) is 0 Å². The SMILES string of the molecule is CCCCN(CC(N)=O)c1ccc(C(F)(F)F)c(C#N)c1. The van der Waals surface area contributed by atoms with Crippen LogP contribution in [0.25, 0.3) is 0 Å². The number of amides is 1. The Morgan fingerprint density at radius 3 is 2.57 bits per heavy atom. The van der Waals surface area contributed by atoms with Crippen molar-refractivity contribution in [2.75, 3.05) is 18.0 Å². The van der Waals surface area contributed by atoms with Gasteiger partial charge >= 0.3 is 6.18 Å². The minimum Gasteiger partial charge on any atom is -0.368 e. The second-order valence-electron chi connectivity index (χ2n) is 4.58. The average molecular weight is 299 g/mol. The Morgan fingerprint density at radius 1 is 1.43 bits per heavy atom. The monoisotopic (exact) mass is 299 g/mol. The van der Waals surface area contributed by atoms with Crippen molar-refractivity contribution in [3.63, 3.8) is 0 Å². The van der Waals surface area contributed by atoms with E-state index < -0.39 is 23.2 Å². The molecule has 1 amide bonds. The fourth-order valence-electron chi connectivity index (χ4n) is 1.91. The fraction of sp³-hybridized carbons (Fsp3) is 0.429. The summed E-state index contributed by atoms with van der Waals surface area (Å²) in [6.07, 6.45) is -2.96. The van der Waals surface area contributed by atoms with Gasteiger partial charge in [0.2, 0.25) is 5.91 Å². The molecule has 0 saturated heterocycles. The Balaban J connectivity index is 3.15. The molecule has 0 radical (unpaired) electrons. The van der Waals surface area contributed by atoms with E-state index in [9.17, 15) is 18.0 Å². The van der Waals surface area contributed by atoms with E-state index >= 15 is 0 Å². The number of hydrogen-bond acceptors (Lipinski definition) is 3. The highest BCUT2D eigenvalue weighted by Gasteiger charge is 2.33. The van der Waals surface area contributed by atoms with Crippen LogP contribution < -0.4 is 10.6 Å². The third kappa shape index (κ3) is 4.67. The number of primary amides is 1. The molecule has 0 atom stereocenters. The van der Waals surface area contributed by atoms with Crippen LogP contribution in [0, 0.1) is 11.3 Å². The maximum absolute atomic E-state index is 12.7. The summed E-state index contributed by atoms with van der Waals surface area (Å²) in [5.74, 6) is -0.579. The van der Waals surface area contributed by atoms with Crippen LogP contribution in [0.1, 0.15) is 30.9 Å². The van der Waals surface area contributed by atoms with E-state index in [1.54, 1.807) is 11.0 Å². The number of alkyl halides is 3. The number of carbonyl (C=O) groups excluding carboxylic acids is 1. The van der Waals surface area contributed by atoms with Gasteiger partial charge in [-0.2, -0.15) is 18.4 Å². The van der Waals surface area contributed by atoms with Crippen LogP contribution >= 0.6 is 0 Å². The first-order valence-corrected chi connectivity index (χ1v) is 6.44. The molecule has 0 aliphatic heterocycles. The zero-order valence-corrected chi connectivity index (χ0v) is 11.6. The van der Waals surface area contributed by atoms with Gasteiger partial charge in [0.25, 0.3) is 0 Å². The van der Waals surface area contributed by atoms with E-state index in [1.807, 2.05) is 6.92 Å². The number of unbranched alkanes of at least 4 members (excludes halogenated alkanes) is 1. The average Bonchev–Trinajstić information content (AvgIpc) is 2.41. The molecule has 1 aromatic carbocycles. The summed E-state index contributed by atoms with van der Waals surface area (Å²) in [5.41, 5.74) is 4.08. The molecule has 7 heteroatoms. The number of hydrogen-bond donors (Lipinski definition) is 1. The standard InChI is InChI=1S/C14H16F3N3O/c1-2-3-6-20(9-13(19)21)11-4-5-12(14(15,16)17)10(7-11)8-18/h4-5,7H,2-3,6,9H2,1H3,(H2,19,21). The van der Waals surface area contributed by atoms with E-state index in [0.717, 1.165) is 25.0 Å². The summed E-state index contributed by atoms with van der Waals surface area (Å²) < 4.78 is 38.2. The van der Waals surface area contributed by atoms with Crippen LogP contribution in [0.4, 0.5) is 18.9 Å². The molecule has 4 nitrogen and oxygen atoms in total. The number of nitrogens with zero attached hydrogens (tertiary/aromatic N) is 2. The number of halogens is 3. The van der Waals surface area contributed by atoms with E-state index in [1.165, 1.54) is 6.07 Å². The molecule has 2 N–H and O–H groups in total. The van der Waals surface area contributed by atoms with Gasteiger partial charge in [0.1, 0.15) is 0 Å². The molecule has 0 spiro atoms. The van der Waals surface area contributed by atoms with Gasteiger partial charge in [0.05, 0.1) is 23.7 Å². The Labute approximate surface area is 121 Å². The van der Waals surface area contributed by atoms with Gasteiger partial charge in [-0.3, -0.25) is 4.79 Å². The molecular weight excluding hydrogens is 283 g/mol. The van der Waals surface area contributed by atoms with Crippen molar-refractivity contribution in [3.8, 4) is 6.07 Å². The summed E-state index contributed by atoms with van der Waals surface area (Å²) in [4.78, 5) is 12.6. The van der Waals surface area contributed by atoms with Gasteiger partial charge in [0.15, 0.2) is 0 Å². The molecule has 0 aliphatic rings. The zero-order valence-electron chi connectivity index (χ0n) is 11.6. The molecule has 0 saturated carbocycles. The summed E-state index contributed by atoms with van der Waals surface area (Å²) in [5, 5.41) is 8.89. The molecule has 114 valence electrons. The number of benzene rings is 1. The summed E-state index contributed by atoms with van der Waals surface area (Å²) in [6, 6.07) is 4.79. The molecule has 1 rings (SSSR count). The molecule has 0 heterocycles. The van der Waals surface area contributed by atoms with Crippen molar-refractivity contribution in [2.45, 2.75) is 25.9 Å². The largest absolute Gasteiger partial charge is 0.417 e. The zero-order chi connectivity index (χ0) is 16.0. The van der Waals surface area contributed by atoms with Gasteiger partial charge < -0.3 is 10.6 Å². The number of nitriles is 1. The lowest BCUT2D eigenvalue weighted by atomic mass is 10.1. The van der Waals surface area contributed by atoms with Gasteiger partial charge in [0, 0.05) is 12.2 Å². The second-order valence-corrected chi connectivity index (χ2v) is 4.58. The van der Waals surface area contributed by atoms with E-state index in [0.29, 0.717) is 12.2 Å². The third-order valence-corrected chi connectivity index (χ3v) is 2.92. The highest BCUT2D eigenvalue weighted by molar-refractivity contribution is 5.79. The predicted molar refractivity (Wildman–Crippen MR) is 72.5 cm³/mol. The molecule has 0 fully saturated rings. The van der Waals surface area contributed by atoms with E-state index in [-0.39, 0.29) is 6.54 Å². The van der Waals surface area contributed by atoms with Crippen molar-refractivity contribution < 1.29 is 18.0 Å². The van der Waals surface area contributed by atoms with Gasteiger partial charge in [-0.05, 0) is 24.6 Å². The maximum Gasteiger partial charge on any atom is 0.417 e. The molecule has 0 unspecified atom stereocenters. The lowest BCUT2D eigenvalue weighted by molar-refractivity contribution is -0.137. The smallest absolute Gasteiger partial charge is 0.368 e. The lowest BCUT2D eigenvalue weighted by Crippen LogP contribution is -2.34. The molecular formula is C14H16F3N3O. The van der Waals surface area contributed by atoms with Gasteiger partial charge in [-0.1, -0.05) is 13.3 Å². The van der Waals surface area contributed by atoms with Crippen molar-refractivity contribution in [3.05, 3.63) is 29.3 Å². The minimum atomic E-state index is -4.58. The van der Waals surface area contributed by atoms with E-state index in [2.05, 4.69) is 0 Å². The third-order valence-electron chi connectivity index (χ3n) is 2.92. The first-order chi connectivity index (χ1) is 9.79. The number of carbonyl (C=O) groups is 1. The second kappa shape index (κ2) is 6.97. The predicted octanol–water partition coefficient (Wildman–Crippen LogP) is 2.67. The summed E-state index contributed by atoms with van der Waals surface area (Å²) >= 11 is 0. The Kier molecular flexibility index (Phi) is 5.59. The summed E-state index contributed by atoms with van der Waals surface area (Å²) in [7, 11) is 0. The van der Waals surface area contributed by atoms with Crippen LogP contribution in [0.2, 0.25) is 0 Å². The first kappa shape index (κ1) is 16.8. The highest BCUT2D eigenvalue weighted by atomic mass is 19.4. The lowest BCUT2D eigenvalue weighted by Gasteiger charge is -2.24. The van der Waals surface area contributed by atoms with Gasteiger partial charge in [-0.25, -0.2) is 0 Å². The Morgan fingerprint density at radius 2 is 2.10 bits per heavy atom. The normalized spacial score (nSPS) is 11.0. The Bertz CT molecular complexity index is 549. The highest BCUT2D eigenvalue weighted by Crippen LogP contribution is 2.33. The molecule has 0 aromatic heterocycles. The van der Waals surface area contributed by atoms with Crippen molar-refractivity contribution >= 4 is 11.6 Å². The Hall–Kier alpha value is -2.23. The number of nitrogens with two attached hydrogens (primary N) is 1. The number of rotatable bonds is 6. The van der Waals surface area contributed by atoms with Crippen LogP contribution in [0.15, 0.2) is 18.2 Å². The topological polar surface area (TPSA) is 70.1 Å². The minimum absolute atomic E-state index is 0.101. The molecule has 1 aromatic rings. The quantitative estimate of drug-likeness (QED) is 0.878. The van der Waals surface area contributed by atoms with Crippen molar-refractivity contribution in [1.82, 2.24) is 0 Å². The maximum atomic E-state index is 12.7. The molecule has 0 aliphatic carbocycles. The van der Waals surface area contributed by atoms with E-state index in [4.69, 9.17) is 11.0 Å².